The second-order valence-corrected chi connectivity index (χ2v) is 7.90. The normalized spacial score (nSPS) is 15.3. The summed E-state index contributed by atoms with van der Waals surface area (Å²) in [6.07, 6.45) is 1.70. The van der Waals surface area contributed by atoms with Gasteiger partial charge in [-0.3, -0.25) is 14.5 Å². The van der Waals surface area contributed by atoms with Crippen molar-refractivity contribution in [1.82, 2.24) is 10.2 Å². The molecule has 1 N–H and O–H groups in total. The first-order valence-corrected chi connectivity index (χ1v) is 11.0. The Morgan fingerprint density at radius 2 is 1.74 bits per heavy atom. The monoisotopic (exact) mass is 424 g/mol. The minimum Gasteiger partial charge on any atom is -0.494 e. The molecule has 166 valence electrons. The van der Waals surface area contributed by atoms with Crippen LogP contribution in [0.3, 0.4) is 0 Å². The van der Waals surface area contributed by atoms with Crippen molar-refractivity contribution in [3.63, 3.8) is 0 Å². The Balaban J connectivity index is 1.40. The Labute approximate surface area is 184 Å². The summed E-state index contributed by atoms with van der Waals surface area (Å²) < 4.78 is 11.2. The number of amides is 1. The SMILES string of the molecule is CC(=O)C(Cc1ccccc1)NC(=O)Cc1ccc(OCCCN2CCOCC2)cc1. The largest absolute Gasteiger partial charge is 0.494 e. The number of nitrogens with zero attached hydrogens (tertiary/aromatic N) is 1. The standard InChI is InChI=1S/C25H32N2O4/c1-20(28)24(18-21-6-3-2-4-7-21)26-25(29)19-22-8-10-23(11-9-22)31-15-5-12-27-13-16-30-17-14-27/h2-4,6-11,24H,5,12-19H2,1H3,(H,26,29). The molecule has 0 radical (unpaired) electrons. The van der Waals surface area contributed by atoms with E-state index in [-0.39, 0.29) is 18.1 Å². The first-order valence-electron chi connectivity index (χ1n) is 11.0. The fourth-order valence-electron chi connectivity index (χ4n) is 3.58. The van der Waals surface area contributed by atoms with Gasteiger partial charge in [0.2, 0.25) is 5.91 Å². The van der Waals surface area contributed by atoms with E-state index < -0.39 is 6.04 Å². The summed E-state index contributed by atoms with van der Waals surface area (Å²) >= 11 is 0. The number of rotatable bonds is 11. The van der Waals surface area contributed by atoms with E-state index in [0.717, 1.165) is 56.1 Å². The molecule has 1 aliphatic heterocycles. The lowest BCUT2D eigenvalue weighted by molar-refractivity contribution is -0.126. The van der Waals surface area contributed by atoms with Crippen molar-refractivity contribution in [2.75, 3.05) is 39.5 Å². The highest BCUT2D eigenvalue weighted by atomic mass is 16.5. The zero-order valence-corrected chi connectivity index (χ0v) is 18.2. The first-order chi connectivity index (χ1) is 15.1. The molecule has 2 aromatic rings. The molecule has 3 rings (SSSR count). The lowest BCUT2D eigenvalue weighted by atomic mass is 10.0. The maximum atomic E-state index is 12.5. The molecule has 6 heteroatoms. The fourth-order valence-corrected chi connectivity index (χ4v) is 3.58. The molecule has 1 saturated heterocycles. The van der Waals surface area contributed by atoms with Gasteiger partial charge in [0.15, 0.2) is 5.78 Å². The van der Waals surface area contributed by atoms with E-state index in [9.17, 15) is 9.59 Å². The minimum absolute atomic E-state index is 0.0435. The van der Waals surface area contributed by atoms with Crippen LogP contribution in [0.1, 0.15) is 24.5 Å². The summed E-state index contributed by atoms with van der Waals surface area (Å²) in [5, 5.41) is 2.87. The molecule has 1 atom stereocenters. The molecule has 1 aliphatic rings. The van der Waals surface area contributed by atoms with Crippen molar-refractivity contribution in [1.29, 1.82) is 0 Å². The highest BCUT2D eigenvalue weighted by Crippen LogP contribution is 2.13. The molecule has 31 heavy (non-hydrogen) atoms. The number of carbonyl (C=O) groups excluding carboxylic acids is 2. The zero-order chi connectivity index (χ0) is 21.9. The van der Waals surface area contributed by atoms with Crippen molar-refractivity contribution in [2.45, 2.75) is 32.2 Å². The Kier molecular flexibility index (Phi) is 9.06. The van der Waals surface area contributed by atoms with Gasteiger partial charge < -0.3 is 14.8 Å². The van der Waals surface area contributed by atoms with Crippen LogP contribution in [0.15, 0.2) is 54.6 Å². The van der Waals surface area contributed by atoms with E-state index in [0.29, 0.717) is 13.0 Å². The van der Waals surface area contributed by atoms with Crippen LogP contribution >= 0.6 is 0 Å². The Morgan fingerprint density at radius 1 is 1.03 bits per heavy atom. The quantitative estimate of drug-likeness (QED) is 0.562. The fraction of sp³-hybridized carbons (Fsp3) is 0.440. The minimum atomic E-state index is -0.510. The smallest absolute Gasteiger partial charge is 0.225 e. The van der Waals surface area contributed by atoms with Crippen LogP contribution in [-0.4, -0.2) is 62.1 Å². The molecule has 0 spiro atoms. The summed E-state index contributed by atoms with van der Waals surface area (Å²) in [5.41, 5.74) is 1.92. The van der Waals surface area contributed by atoms with Gasteiger partial charge >= 0.3 is 0 Å². The second kappa shape index (κ2) is 12.2. The van der Waals surface area contributed by atoms with Crippen LogP contribution in [0.5, 0.6) is 5.75 Å². The summed E-state index contributed by atoms with van der Waals surface area (Å²) in [5.74, 6) is 0.602. The van der Waals surface area contributed by atoms with E-state index >= 15 is 0 Å². The maximum Gasteiger partial charge on any atom is 0.225 e. The summed E-state index contributed by atoms with van der Waals surface area (Å²) in [6.45, 7) is 6.81. The van der Waals surface area contributed by atoms with E-state index in [1.165, 1.54) is 6.92 Å². The molecule has 1 heterocycles. The topological polar surface area (TPSA) is 67.9 Å². The average Bonchev–Trinajstić information content (AvgIpc) is 2.79. The third-order valence-corrected chi connectivity index (χ3v) is 5.39. The average molecular weight is 425 g/mol. The van der Waals surface area contributed by atoms with Gasteiger partial charge in [-0.15, -0.1) is 0 Å². The highest BCUT2D eigenvalue weighted by molar-refractivity contribution is 5.88. The van der Waals surface area contributed by atoms with Gasteiger partial charge in [-0.1, -0.05) is 42.5 Å². The lowest BCUT2D eigenvalue weighted by Gasteiger charge is -2.26. The zero-order valence-electron chi connectivity index (χ0n) is 18.2. The molecule has 2 aromatic carbocycles. The van der Waals surface area contributed by atoms with Gasteiger partial charge in [0.05, 0.1) is 32.3 Å². The number of hydrogen-bond acceptors (Lipinski definition) is 5. The van der Waals surface area contributed by atoms with Gasteiger partial charge in [-0.05, 0) is 43.0 Å². The molecule has 1 fully saturated rings. The van der Waals surface area contributed by atoms with Crippen LogP contribution in [0.25, 0.3) is 0 Å². The van der Waals surface area contributed by atoms with Gasteiger partial charge in [0.1, 0.15) is 5.75 Å². The Hall–Kier alpha value is -2.70. The number of hydrogen-bond donors (Lipinski definition) is 1. The third kappa shape index (κ3) is 8.15. The summed E-state index contributed by atoms with van der Waals surface area (Å²) in [6, 6.07) is 16.8. The van der Waals surface area contributed by atoms with Crippen molar-refractivity contribution in [3.05, 3.63) is 65.7 Å². The van der Waals surface area contributed by atoms with E-state index in [1.807, 2.05) is 54.6 Å². The second-order valence-electron chi connectivity index (χ2n) is 7.90. The van der Waals surface area contributed by atoms with Crippen molar-refractivity contribution in [2.24, 2.45) is 0 Å². The number of nitrogens with one attached hydrogen (secondary N) is 1. The van der Waals surface area contributed by atoms with E-state index in [1.54, 1.807) is 0 Å². The van der Waals surface area contributed by atoms with Crippen LogP contribution in [0.2, 0.25) is 0 Å². The number of ketones is 1. The van der Waals surface area contributed by atoms with Gasteiger partial charge in [0.25, 0.3) is 0 Å². The van der Waals surface area contributed by atoms with E-state index in [4.69, 9.17) is 9.47 Å². The number of Topliss-reactive ketones (excluding diaryl/α,β-unsaturated/α-hetero) is 1. The highest BCUT2D eigenvalue weighted by Gasteiger charge is 2.17. The Morgan fingerprint density at radius 3 is 2.42 bits per heavy atom. The molecule has 1 unspecified atom stereocenters. The van der Waals surface area contributed by atoms with Crippen LogP contribution < -0.4 is 10.1 Å². The molecule has 1 amide bonds. The summed E-state index contributed by atoms with van der Waals surface area (Å²) in [4.78, 5) is 26.8. The predicted octanol–water partition coefficient (Wildman–Crippen LogP) is 2.65. The lowest BCUT2D eigenvalue weighted by Crippen LogP contribution is -2.42. The van der Waals surface area contributed by atoms with Crippen LogP contribution in [0, 0.1) is 0 Å². The third-order valence-electron chi connectivity index (χ3n) is 5.39. The molecular weight excluding hydrogens is 392 g/mol. The van der Waals surface area contributed by atoms with Gasteiger partial charge in [-0.2, -0.15) is 0 Å². The molecule has 0 saturated carbocycles. The molecule has 6 nitrogen and oxygen atoms in total. The predicted molar refractivity (Wildman–Crippen MR) is 120 cm³/mol. The van der Waals surface area contributed by atoms with E-state index in [2.05, 4.69) is 10.2 Å². The molecule has 0 aromatic heterocycles. The number of ether oxygens (including phenoxy) is 2. The van der Waals surface area contributed by atoms with Crippen LogP contribution in [-0.2, 0) is 27.2 Å². The van der Waals surface area contributed by atoms with Crippen molar-refractivity contribution >= 4 is 11.7 Å². The van der Waals surface area contributed by atoms with Crippen LogP contribution in [0.4, 0.5) is 0 Å². The first kappa shape index (κ1) is 23.0. The van der Waals surface area contributed by atoms with Gasteiger partial charge in [-0.25, -0.2) is 0 Å². The maximum absolute atomic E-state index is 12.5. The Bertz CT molecular complexity index is 817. The van der Waals surface area contributed by atoms with Crippen molar-refractivity contribution < 1.29 is 19.1 Å². The number of carbonyl (C=O) groups is 2. The summed E-state index contributed by atoms with van der Waals surface area (Å²) in [7, 11) is 0. The number of morpholine rings is 1. The molecular formula is C25H32N2O4. The molecule has 0 aliphatic carbocycles. The molecule has 0 bridgehead atoms. The van der Waals surface area contributed by atoms with Gasteiger partial charge in [0, 0.05) is 19.6 Å². The van der Waals surface area contributed by atoms with Crippen molar-refractivity contribution in [3.8, 4) is 5.75 Å². The number of benzene rings is 2.